The molecule has 9 heteroatoms. The van der Waals surface area contributed by atoms with Crippen LogP contribution in [0.5, 0.6) is 0 Å². The Morgan fingerprint density at radius 1 is 1.35 bits per heavy atom. The van der Waals surface area contributed by atoms with Crippen molar-refractivity contribution >= 4 is 28.3 Å². The van der Waals surface area contributed by atoms with Crippen molar-refractivity contribution in [2.75, 3.05) is 26.2 Å². The third-order valence-corrected chi connectivity index (χ3v) is 5.20. The van der Waals surface area contributed by atoms with E-state index in [0.717, 1.165) is 18.6 Å². The van der Waals surface area contributed by atoms with Crippen LogP contribution in [-0.2, 0) is 14.8 Å². The minimum Gasteiger partial charge on any atom is -0.342 e. The van der Waals surface area contributed by atoms with Crippen LogP contribution in [0.3, 0.4) is 0 Å². The molecule has 0 aliphatic carbocycles. The molecule has 0 bridgehead atoms. The highest BCUT2D eigenvalue weighted by molar-refractivity contribution is 7.89. The first-order valence-electron chi connectivity index (χ1n) is 7.15. The number of carbonyl (C=O) groups excluding carboxylic acids is 1. The van der Waals surface area contributed by atoms with Crippen LogP contribution in [0.2, 0.25) is 0 Å². The fraction of sp³-hybridized carbons (Fsp3) is 0.500. The fourth-order valence-electron chi connectivity index (χ4n) is 2.40. The summed E-state index contributed by atoms with van der Waals surface area (Å²) < 4.78 is 39.1. The van der Waals surface area contributed by atoms with E-state index in [0.29, 0.717) is 25.6 Å². The van der Waals surface area contributed by atoms with Crippen LogP contribution >= 0.6 is 12.4 Å². The Kier molecular flexibility index (Phi) is 7.40. The number of halogens is 2. The summed E-state index contributed by atoms with van der Waals surface area (Å²) in [6, 6.07) is 4.53. The topological polar surface area (TPSA) is 92.5 Å². The molecule has 1 saturated heterocycles. The van der Waals surface area contributed by atoms with E-state index in [2.05, 4.69) is 4.72 Å². The van der Waals surface area contributed by atoms with Crippen molar-refractivity contribution in [1.29, 1.82) is 0 Å². The summed E-state index contributed by atoms with van der Waals surface area (Å²) >= 11 is 0. The van der Waals surface area contributed by atoms with Gasteiger partial charge < -0.3 is 10.6 Å². The van der Waals surface area contributed by atoms with Crippen molar-refractivity contribution in [3.05, 3.63) is 30.1 Å². The first-order chi connectivity index (χ1) is 10.4. The van der Waals surface area contributed by atoms with Crippen LogP contribution in [0, 0.1) is 11.7 Å². The summed E-state index contributed by atoms with van der Waals surface area (Å²) in [5, 5.41) is 0. The highest BCUT2D eigenvalue weighted by Gasteiger charge is 2.25. The van der Waals surface area contributed by atoms with Crippen molar-refractivity contribution < 1.29 is 17.6 Å². The van der Waals surface area contributed by atoms with Crippen molar-refractivity contribution in [3.63, 3.8) is 0 Å². The predicted octanol–water partition coefficient (Wildman–Crippen LogP) is 0.723. The second kappa shape index (κ2) is 8.58. The lowest BCUT2D eigenvalue weighted by Crippen LogP contribution is -2.33. The van der Waals surface area contributed by atoms with Crippen LogP contribution in [-0.4, -0.2) is 45.4 Å². The van der Waals surface area contributed by atoms with Crippen LogP contribution in [0.15, 0.2) is 29.2 Å². The van der Waals surface area contributed by atoms with Gasteiger partial charge in [0, 0.05) is 26.1 Å². The second-order valence-corrected chi connectivity index (χ2v) is 7.10. The molecule has 1 amide bonds. The van der Waals surface area contributed by atoms with Crippen molar-refractivity contribution in [2.45, 2.75) is 17.7 Å². The lowest BCUT2D eigenvalue weighted by Gasteiger charge is -2.16. The van der Waals surface area contributed by atoms with Gasteiger partial charge >= 0.3 is 0 Å². The molecular weight excluding hydrogens is 345 g/mol. The summed E-state index contributed by atoms with van der Waals surface area (Å²) in [5.41, 5.74) is 5.57. The number of benzene rings is 1. The Morgan fingerprint density at radius 3 is 2.57 bits per heavy atom. The zero-order valence-corrected chi connectivity index (χ0v) is 14.2. The number of nitrogens with one attached hydrogen (secondary N) is 1. The Bertz CT molecular complexity index is 625. The molecule has 1 aliphatic rings. The maximum absolute atomic E-state index is 12.8. The van der Waals surface area contributed by atoms with Gasteiger partial charge in [0.1, 0.15) is 5.82 Å². The average molecular weight is 366 g/mol. The molecule has 1 atom stereocenters. The van der Waals surface area contributed by atoms with E-state index in [4.69, 9.17) is 5.73 Å². The second-order valence-electron chi connectivity index (χ2n) is 5.33. The molecule has 2 rings (SSSR count). The lowest BCUT2D eigenvalue weighted by molar-refractivity contribution is -0.130. The number of carbonyl (C=O) groups is 1. The normalized spacial score (nSPS) is 17.8. The zero-order valence-electron chi connectivity index (χ0n) is 12.6. The number of hydrogen-bond donors (Lipinski definition) is 2. The summed E-state index contributed by atoms with van der Waals surface area (Å²) in [4.78, 5) is 13.7. The van der Waals surface area contributed by atoms with Crippen LogP contribution in [0.1, 0.15) is 12.8 Å². The predicted molar refractivity (Wildman–Crippen MR) is 87.2 cm³/mol. The first kappa shape index (κ1) is 19.8. The molecular formula is C14H21ClFN3O3S. The van der Waals surface area contributed by atoms with Crippen LogP contribution in [0.4, 0.5) is 4.39 Å². The van der Waals surface area contributed by atoms with Gasteiger partial charge in [-0.15, -0.1) is 12.4 Å². The molecule has 3 N–H and O–H groups in total. The Balaban J connectivity index is 0.00000264. The van der Waals surface area contributed by atoms with E-state index < -0.39 is 15.8 Å². The molecule has 1 aromatic rings. The third kappa shape index (κ3) is 5.42. The van der Waals surface area contributed by atoms with E-state index in [9.17, 15) is 17.6 Å². The van der Waals surface area contributed by atoms with Gasteiger partial charge in [0.25, 0.3) is 0 Å². The maximum Gasteiger partial charge on any atom is 0.240 e. The van der Waals surface area contributed by atoms with Gasteiger partial charge in [0.2, 0.25) is 15.9 Å². The van der Waals surface area contributed by atoms with Crippen molar-refractivity contribution in [1.82, 2.24) is 9.62 Å². The molecule has 1 aromatic carbocycles. The molecule has 0 aromatic heterocycles. The monoisotopic (exact) mass is 365 g/mol. The van der Waals surface area contributed by atoms with Gasteiger partial charge in [-0.05, 0) is 43.1 Å². The molecule has 1 unspecified atom stereocenters. The lowest BCUT2D eigenvalue weighted by atomic mass is 10.1. The zero-order chi connectivity index (χ0) is 16.2. The van der Waals surface area contributed by atoms with Crippen LogP contribution in [0.25, 0.3) is 0 Å². The van der Waals surface area contributed by atoms with Gasteiger partial charge in [-0.2, -0.15) is 0 Å². The van der Waals surface area contributed by atoms with Crippen molar-refractivity contribution in [3.8, 4) is 0 Å². The summed E-state index contributed by atoms with van der Waals surface area (Å²) in [5.74, 6) is -0.254. The molecule has 0 radical (unpaired) electrons. The highest BCUT2D eigenvalue weighted by atomic mass is 35.5. The van der Waals surface area contributed by atoms with Gasteiger partial charge in [-0.1, -0.05) is 0 Å². The molecule has 1 heterocycles. The average Bonchev–Trinajstić information content (AvgIpc) is 2.96. The number of nitrogens with two attached hydrogens (primary N) is 1. The summed E-state index contributed by atoms with van der Waals surface area (Å²) in [7, 11) is -3.72. The largest absolute Gasteiger partial charge is 0.342 e. The van der Waals surface area contributed by atoms with E-state index >= 15 is 0 Å². The van der Waals surface area contributed by atoms with Crippen LogP contribution < -0.4 is 10.5 Å². The first-order valence-corrected chi connectivity index (χ1v) is 8.64. The molecule has 6 nitrogen and oxygen atoms in total. The number of hydrogen-bond acceptors (Lipinski definition) is 4. The quantitative estimate of drug-likeness (QED) is 0.777. The van der Waals surface area contributed by atoms with E-state index in [-0.39, 0.29) is 36.2 Å². The molecule has 1 aliphatic heterocycles. The van der Waals surface area contributed by atoms with E-state index in [1.165, 1.54) is 12.1 Å². The van der Waals surface area contributed by atoms with E-state index in [1.54, 1.807) is 4.90 Å². The smallest absolute Gasteiger partial charge is 0.240 e. The Labute approximate surface area is 141 Å². The highest BCUT2D eigenvalue weighted by Crippen LogP contribution is 2.15. The molecule has 0 saturated carbocycles. The van der Waals surface area contributed by atoms with Gasteiger partial charge in [-0.3, -0.25) is 4.79 Å². The standard InChI is InChI=1S/C14H20FN3O3S.ClH/c15-12-1-3-13(4-2-12)22(20,21)17-7-5-14(19)18-8-6-11(9-16)10-18;/h1-4,11,17H,5-10,16H2;1H. The summed E-state index contributed by atoms with van der Waals surface area (Å²) in [6.45, 7) is 1.88. The third-order valence-electron chi connectivity index (χ3n) is 3.73. The minimum absolute atomic E-state index is 0. The number of likely N-dealkylation sites (tertiary alicyclic amines) is 1. The number of rotatable bonds is 6. The van der Waals surface area contributed by atoms with Gasteiger partial charge in [-0.25, -0.2) is 17.5 Å². The van der Waals surface area contributed by atoms with Gasteiger partial charge in [0.05, 0.1) is 4.90 Å². The molecule has 130 valence electrons. The van der Waals surface area contributed by atoms with Gasteiger partial charge in [0.15, 0.2) is 0 Å². The number of amides is 1. The van der Waals surface area contributed by atoms with E-state index in [1.807, 2.05) is 0 Å². The molecule has 0 spiro atoms. The SMILES string of the molecule is Cl.NCC1CCN(C(=O)CCNS(=O)(=O)c2ccc(F)cc2)C1. The van der Waals surface area contributed by atoms with Crippen molar-refractivity contribution in [2.24, 2.45) is 11.7 Å². The maximum atomic E-state index is 12.8. The summed E-state index contributed by atoms with van der Waals surface area (Å²) in [6.07, 6.45) is 0.987. The Morgan fingerprint density at radius 2 is 2.00 bits per heavy atom. The molecule has 1 fully saturated rings. The fourth-order valence-corrected chi connectivity index (χ4v) is 3.43. The number of nitrogens with zero attached hydrogens (tertiary/aromatic N) is 1. The number of sulfonamides is 1. The Hall–Kier alpha value is -1.22. The minimum atomic E-state index is -3.72. The molecule has 23 heavy (non-hydrogen) atoms.